The zero-order valence-electron chi connectivity index (χ0n) is 28.0. The van der Waals surface area contributed by atoms with Crippen LogP contribution in [0.15, 0.2) is 48.5 Å². The molecular formula is C37H48FN3O4. The SMILES string of the molecule is CCC(=O)N(Cc1ccc(F)cc1)Cc1ccc(-c2c(C)nc(C)c(C(OC(C)(C)C)C(=O)O)c2N2CCC(C)(C)CC2)cc1. The number of hydrogen-bond acceptors (Lipinski definition) is 5. The van der Waals surface area contributed by atoms with E-state index in [0.29, 0.717) is 30.8 Å². The maximum absolute atomic E-state index is 13.5. The smallest absolute Gasteiger partial charge is 0.337 e. The lowest BCUT2D eigenvalue weighted by atomic mass is 9.81. The molecule has 2 aromatic carbocycles. The van der Waals surface area contributed by atoms with Crippen LogP contribution in [0.1, 0.15) is 95.0 Å². The molecule has 1 fully saturated rings. The molecule has 1 aliphatic heterocycles. The van der Waals surface area contributed by atoms with Gasteiger partial charge in [-0.3, -0.25) is 9.78 Å². The molecule has 1 amide bonds. The Morgan fingerprint density at radius 1 is 0.978 bits per heavy atom. The predicted molar refractivity (Wildman–Crippen MR) is 177 cm³/mol. The molecule has 1 atom stereocenters. The number of carbonyl (C=O) groups is 2. The van der Waals surface area contributed by atoms with Crippen molar-refractivity contribution >= 4 is 17.6 Å². The molecule has 8 heteroatoms. The number of carboxylic acid groups (broad SMARTS) is 1. The quantitative estimate of drug-likeness (QED) is 0.248. The van der Waals surface area contributed by atoms with E-state index in [1.54, 1.807) is 17.0 Å². The molecule has 2 heterocycles. The van der Waals surface area contributed by atoms with Gasteiger partial charge in [0.05, 0.1) is 11.3 Å². The zero-order valence-corrected chi connectivity index (χ0v) is 28.0. The lowest BCUT2D eigenvalue weighted by Gasteiger charge is -2.41. The van der Waals surface area contributed by atoms with Crippen LogP contribution in [-0.4, -0.2) is 45.6 Å². The molecule has 242 valence electrons. The van der Waals surface area contributed by atoms with Gasteiger partial charge in [-0.1, -0.05) is 57.2 Å². The highest BCUT2D eigenvalue weighted by Gasteiger charge is 2.36. The van der Waals surface area contributed by atoms with Gasteiger partial charge < -0.3 is 19.6 Å². The number of piperidine rings is 1. The molecule has 0 spiro atoms. The van der Waals surface area contributed by atoms with Gasteiger partial charge in [0.2, 0.25) is 5.91 Å². The highest BCUT2D eigenvalue weighted by molar-refractivity contribution is 5.88. The minimum Gasteiger partial charge on any atom is -0.479 e. The standard InChI is InChI=1S/C37H48FN3O4/c1-9-30(42)41(23-27-12-16-29(38)17-13-27)22-26-10-14-28(15-11-26)31-24(2)39-25(3)32(34(35(43)44)45-36(4,5)6)33(31)40-20-18-37(7,8)19-21-40/h10-17,34H,9,18-23H2,1-8H3,(H,43,44). The normalized spacial score (nSPS) is 15.5. The second-order valence-electron chi connectivity index (χ2n) is 13.9. The number of pyridine rings is 1. The maximum atomic E-state index is 13.5. The highest BCUT2D eigenvalue weighted by Crippen LogP contribution is 2.44. The summed E-state index contributed by atoms with van der Waals surface area (Å²) in [5.74, 6) is -1.33. The van der Waals surface area contributed by atoms with Gasteiger partial charge in [0.15, 0.2) is 6.10 Å². The summed E-state index contributed by atoms with van der Waals surface area (Å²) in [7, 11) is 0. The average molecular weight is 618 g/mol. The first-order chi connectivity index (χ1) is 21.1. The Kier molecular flexibility index (Phi) is 10.4. The lowest BCUT2D eigenvalue weighted by Crippen LogP contribution is -2.39. The van der Waals surface area contributed by atoms with Crippen molar-refractivity contribution in [2.75, 3.05) is 18.0 Å². The number of rotatable bonds is 10. The monoisotopic (exact) mass is 617 g/mol. The summed E-state index contributed by atoms with van der Waals surface area (Å²) < 4.78 is 19.7. The second kappa shape index (κ2) is 13.7. The van der Waals surface area contributed by atoms with Crippen molar-refractivity contribution in [1.82, 2.24) is 9.88 Å². The van der Waals surface area contributed by atoms with Gasteiger partial charge in [-0.25, -0.2) is 9.18 Å². The molecule has 0 radical (unpaired) electrons. The van der Waals surface area contributed by atoms with Gasteiger partial charge in [0.1, 0.15) is 5.82 Å². The van der Waals surface area contributed by atoms with E-state index in [2.05, 4.69) is 18.7 Å². The van der Waals surface area contributed by atoms with Gasteiger partial charge in [-0.15, -0.1) is 0 Å². The van der Waals surface area contributed by atoms with Crippen LogP contribution in [0.25, 0.3) is 11.1 Å². The molecule has 1 saturated heterocycles. The van der Waals surface area contributed by atoms with Crippen molar-refractivity contribution < 1.29 is 23.8 Å². The van der Waals surface area contributed by atoms with Gasteiger partial charge in [-0.2, -0.15) is 0 Å². The minimum absolute atomic E-state index is 0.0143. The first-order valence-corrected chi connectivity index (χ1v) is 15.9. The van der Waals surface area contributed by atoms with E-state index in [9.17, 15) is 19.1 Å². The predicted octanol–water partition coefficient (Wildman–Crippen LogP) is 8.01. The van der Waals surface area contributed by atoms with Crippen molar-refractivity contribution in [1.29, 1.82) is 0 Å². The fourth-order valence-electron chi connectivity index (χ4n) is 6.02. The molecule has 0 aliphatic carbocycles. The van der Waals surface area contributed by atoms with Crippen molar-refractivity contribution in [2.45, 2.75) is 99.4 Å². The van der Waals surface area contributed by atoms with E-state index in [0.717, 1.165) is 59.6 Å². The molecule has 1 aromatic heterocycles. The van der Waals surface area contributed by atoms with E-state index >= 15 is 0 Å². The minimum atomic E-state index is -1.18. The topological polar surface area (TPSA) is 83.0 Å². The molecule has 1 aliphatic rings. The van der Waals surface area contributed by atoms with Crippen LogP contribution >= 0.6 is 0 Å². The largest absolute Gasteiger partial charge is 0.479 e. The summed E-state index contributed by atoms with van der Waals surface area (Å²) in [6, 6.07) is 14.3. The number of carboxylic acids is 1. The Balaban J connectivity index is 1.77. The van der Waals surface area contributed by atoms with Crippen LogP contribution in [0.2, 0.25) is 0 Å². The molecule has 0 bridgehead atoms. The Morgan fingerprint density at radius 3 is 2.00 bits per heavy atom. The molecular weight excluding hydrogens is 569 g/mol. The number of benzene rings is 2. The summed E-state index contributed by atoms with van der Waals surface area (Å²) in [5.41, 5.74) is 6.12. The zero-order chi connectivity index (χ0) is 33.1. The third kappa shape index (κ3) is 8.48. The molecule has 4 rings (SSSR count). The summed E-state index contributed by atoms with van der Waals surface area (Å²) >= 11 is 0. The third-order valence-electron chi connectivity index (χ3n) is 8.53. The second-order valence-corrected chi connectivity index (χ2v) is 13.9. The van der Waals surface area contributed by atoms with E-state index in [4.69, 9.17) is 9.72 Å². The number of amides is 1. The molecule has 7 nitrogen and oxygen atoms in total. The number of carbonyl (C=O) groups excluding carboxylic acids is 1. The van der Waals surface area contributed by atoms with Crippen LogP contribution in [0.3, 0.4) is 0 Å². The fraction of sp³-hybridized carbons (Fsp3) is 0.486. The summed E-state index contributed by atoms with van der Waals surface area (Å²) in [4.78, 5) is 34.6. The Bertz CT molecular complexity index is 1500. The fourth-order valence-corrected chi connectivity index (χ4v) is 6.02. The van der Waals surface area contributed by atoms with Crippen LogP contribution < -0.4 is 4.90 Å². The van der Waals surface area contributed by atoms with Gasteiger partial charge >= 0.3 is 5.97 Å². The van der Waals surface area contributed by atoms with Crippen LogP contribution in [0, 0.1) is 25.1 Å². The Labute approximate surface area is 267 Å². The van der Waals surface area contributed by atoms with Crippen molar-refractivity contribution in [3.05, 3.63) is 82.4 Å². The van der Waals surface area contributed by atoms with Crippen LogP contribution in [0.5, 0.6) is 0 Å². The van der Waals surface area contributed by atoms with E-state index in [1.165, 1.54) is 12.1 Å². The number of aromatic nitrogens is 1. The van der Waals surface area contributed by atoms with Gasteiger partial charge in [-0.05, 0) is 81.7 Å². The first kappa shape index (κ1) is 34.1. The number of aryl methyl sites for hydroxylation is 2. The molecule has 3 aromatic rings. The Hall–Kier alpha value is -3.78. The molecule has 1 unspecified atom stereocenters. The highest BCUT2D eigenvalue weighted by atomic mass is 19.1. The number of nitrogens with zero attached hydrogens (tertiary/aromatic N) is 3. The van der Waals surface area contributed by atoms with Crippen molar-refractivity contribution in [2.24, 2.45) is 5.41 Å². The third-order valence-corrected chi connectivity index (χ3v) is 8.53. The van der Waals surface area contributed by atoms with Crippen LogP contribution in [0.4, 0.5) is 10.1 Å². The molecule has 1 N–H and O–H groups in total. The van der Waals surface area contributed by atoms with E-state index in [1.807, 2.05) is 65.8 Å². The van der Waals surface area contributed by atoms with E-state index in [-0.39, 0.29) is 17.1 Å². The maximum Gasteiger partial charge on any atom is 0.337 e. The van der Waals surface area contributed by atoms with Gasteiger partial charge in [0, 0.05) is 55.1 Å². The van der Waals surface area contributed by atoms with Crippen LogP contribution in [-0.2, 0) is 27.4 Å². The Morgan fingerprint density at radius 2 is 1.51 bits per heavy atom. The first-order valence-electron chi connectivity index (χ1n) is 15.9. The average Bonchev–Trinajstić information content (AvgIpc) is 2.96. The number of aliphatic carboxylic acids is 1. The van der Waals surface area contributed by atoms with Crippen molar-refractivity contribution in [3.8, 4) is 11.1 Å². The van der Waals surface area contributed by atoms with Gasteiger partial charge in [0.25, 0.3) is 0 Å². The number of anilines is 1. The molecule has 45 heavy (non-hydrogen) atoms. The summed E-state index contributed by atoms with van der Waals surface area (Å²) in [6.45, 7) is 18.2. The molecule has 0 saturated carbocycles. The van der Waals surface area contributed by atoms with E-state index < -0.39 is 17.7 Å². The lowest BCUT2D eigenvalue weighted by molar-refractivity contribution is -0.160. The number of hydrogen-bond donors (Lipinski definition) is 1. The number of halogens is 1. The summed E-state index contributed by atoms with van der Waals surface area (Å²) in [6.07, 6.45) is 1.16. The van der Waals surface area contributed by atoms with Crippen molar-refractivity contribution in [3.63, 3.8) is 0 Å². The number of ether oxygens (including phenoxy) is 1. The summed E-state index contributed by atoms with van der Waals surface area (Å²) in [5, 5.41) is 10.4.